The van der Waals surface area contributed by atoms with Gasteiger partial charge in [0.15, 0.2) is 0 Å². The highest BCUT2D eigenvalue weighted by molar-refractivity contribution is 6.32. The molecule has 4 rings (SSSR count). The Bertz CT molecular complexity index is 1090. The number of nitrogens with one attached hydrogen (secondary N) is 2. The summed E-state index contributed by atoms with van der Waals surface area (Å²) in [5.41, 5.74) is 4.06. The molecule has 144 valence electrons. The van der Waals surface area contributed by atoms with E-state index in [9.17, 15) is 9.59 Å². The van der Waals surface area contributed by atoms with Crippen molar-refractivity contribution in [2.24, 2.45) is 0 Å². The summed E-state index contributed by atoms with van der Waals surface area (Å²) >= 11 is 6.20. The summed E-state index contributed by atoms with van der Waals surface area (Å²) in [5, 5.41) is 11.6. The van der Waals surface area contributed by atoms with Crippen LogP contribution in [0.2, 0.25) is 5.02 Å². The smallest absolute Gasteiger partial charge is 0.330 e. The van der Waals surface area contributed by atoms with Crippen LogP contribution >= 0.6 is 11.6 Å². The van der Waals surface area contributed by atoms with E-state index in [-0.39, 0.29) is 5.91 Å². The number of ether oxygens (including phenoxy) is 1. The summed E-state index contributed by atoms with van der Waals surface area (Å²) in [6.07, 6.45) is 1.66. The predicted octanol–water partition coefficient (Wildman–Crippen LogP) is 3.28. The molecular weight excluding hydrogens is 380 g/mol. The highest BCUT2D eigenvalue weighted by atomic mass is 35.5. The van der Waals surface area contributed by atoms with Gasteiger partial charge in [-0.05, 0) is 42.3 Å². The lowest BCUT2D eigenvalue weighted by molar-refractivity contribution is -0.144. The molecule has 28 heavy (non-hydrogen) atoms. The second-order valence-electron chi connectivity index (χ2n) is 6.74. The van der Waals surface area contributed by atoms with E-state index in [1.165, 1.54) is 22.9 Å². The molecule has 7 nitrogen and oxygen atoms in total. The number of amides is 1. The normalized spacial score (nSPS) is 14.0. The van der Waals surface area contributed by atoms with Crippen molar-refractivity contribution in [2.45, 2.75) is 26.1 Å². The lowest BCUT2D eigenvalue weighted by atomic mass is 10.1. The standard InChI is InChI=1S/C20H19ClN4O3/c1-11(20(27)28-2)25-10-17-16(6-14(21)7-18(17)24-25)19(26)23-15-4-3-12-8-22-9-13(12)5-15/h3-7,10-11,22H,8-9H2,1-2H3,(H,23,26)/t11-/m0/s1. The third-order valence-corrected chi connectivity index (χ3v) is 5.10. The largest absolute Gasteiger partial charge is 0.467 e. The lowest BCUT2D eigenvalue weighted by Crippen LogP contribution is -2.18. The Balaban J connectivity index is 1.68. The van der Waals surface area contributed by atoms with Gasteiger partial charge in [-0.2, -0.15) is 5.10 Å². The van der Waals surface area contributed by atoms with Crippen molar-refractivity contribution >= 4 is 40.1 Å². The summed E-state index contributed by atoms with van der Waals surface area (Å²) in [5.74, 6) is -0.708. The van der Waals surface area contributed by atoms with Crippen LogP contribution < -0.4 is 10.6 Å². The SMILES string of the molecule is COC(=O)[C@H](C)n1cc2c(C(=O)Nc3ccc4c(c3)CNC4)cc(Cl)cc2n1. The molecule has 0 unspecified atom stereocenters. The molecule has 0 spiro atoms. The maximum absolute atomic E-state index is 12.9. The molecule has 0 saturated heterocycles. The Labute approximate surface area is 166 Å². The quantitative estimate of drug-likeness (QED) is 0.659. The van der Waals surface area contributed by atoms with Crippen LogP contribution in [0.3, 0.4) is 0 Å². The first-order chi connectivity index (χ1) is 13.5. The summed E-state index contributed by atoms with van der Waals surface area (Å²) < 4.78 is 6.25. The monoisotopic (exact) mass is 398 g/mol. The molecule has 1 aromatic heterocycles. The minimum atomic E-state index is -0.615. The number of hydrogen-bond acceptors (Lipinski definition) is 5. The van der Waals surface area contributed by atoms with Crippen LogP contribution in [0.5, 0.6) is 0 Å². The highest BCUT2D eigenvalue weighted by Crippen LogP contribution is 2.26. The molecule has 0 saturated carbocycles. The molecule has 1 atom stereocenters. The number of esters is 1. The van der Waals surface area contributed by atoms with E-state index in [2.05, 4.69) is 15.7 Å². The number of methoxy groups -OCH3 is 1. The fourth-order valence-corrected chi connectivity index (χ4v) is 3.56. The molecule has 1 aliphatic rings. The Hall–Kier alpha value is -2.90. The van der Waals surface area contributed by atoms with E-state index >= 15 is 0 Å². The van der Waals surface area contributed by atoms with Crippen LogP contribution in [0.25, 0.3) is 10.9 Å². The van der Waals surface area contributed by atoms with Crippen molar-refractivity contribution in [2.75, 3.05) is 12.4 Å². The number of halogens is 1. The van der Waals surface area contributed by atoms with Crippen LogP contribution in [0.1, 0.15) is 34.5 Å². The van der Waals surface area contributed by atoms with Gasteiger partial charge in [0, 0.05) is 35.4 Å². The van der Waals surface area contributed by atoms with Crippen molar-refractivity contribution in [3.63, 3.8) is 0 Å². The molecule has 0 bridgehead atoms. The van der Waals surface area contributed by atoms with Gasteiger partial charge in [-0.1, -0.05) is 17.7 Å². The second kappa shape index (κ2) is 7.26. The first-order valence-corrected chi connectivity index (χ1v) is 9.24. The van der Waals surface area contributed by atoms with Gasteiger partial charge in [0.05, 0.1) is 18.2 Å². The maximum Gasteiger partial charge on any atom is 0.330 e. The minimum Gasteiger partial charge on any atom is -0.467 e. The van der Waals surface area contributed by atoms with E-state index in [4.69, 9.17) is 16.3 Å². The molecule has 1 amide bonds. The fourth-order valence-electron chi connectivity index (χ4n) is 3.34. The highest BCUT2D eigenvalue weighted by Gasteiger charge is 2.20. The van der Waals surface area contributed by atoms with E-state index in [1.807, 2.05) is 18.2 Å². The molecular formula is C20H19ClN4O3. The van der Waals surface area contributed by atoms with Gasteiger partial charge in [0.25, 0.3) is 5.91 Å². The molecule has 0 aliphatic carbocycles. The lowest BCUT2D eigenvalue weighted by Gasteiger charge is -2.09. The molecule has 0 radical (unpaired) electrons. The third-order valence-electron chi connectivity index (χ3n) is 4.89. The van der Waals surface area contributed by atoms with Gasteiger partial charge in [-0.3, -0.25) is 9.48 Å². The molecule has 3 aromatic rings. The Morgan fingerprint density at radius 3 is 2.82 bits per heavy atom. The predicted molar refractivity (Wildman–Crippen MR) is 106 cm³/mol. The zero-order chi connectivity index (χ0) is 19.8. The number of benzene rings is 2. The van der Waals surface area contributed by atoms with Crippen molar-refractivity contribution in [1.82, 2.24) is 15.1 Å². The molecule has 2 heterocycles. The van der Waals surface area contributed by atoms with Crippen LogP contribution in [0.4, 0.5) is 5.69 Å². The van der Waals surface area contributed by atoms with E-state index in [1.54, 1.807) is 25.3 Å². The van der Waals surface area contributed by atoms with Gasteiger partial charge < -0.3 is 15.4 Å². The number of fused-ring (bicyclic) bond motifs is 2. The molecule has 1 aliphatic heterocycles. The summed E-state index contributed by atoms with van der Waals surface area (Å²) in [6, 6.07) is 8.51. The minimum absolute atomic E-state index is 0.288. The zero-order valence-corrected chi connectivity index (χ0v) is 16.2. The van der Waals surface area contributed by atoms with E-state index in [0.29, 0.717) is 21.5 Å². The first-order valence-electron chi connectivity index (χ1n) is 8.86. The third kappa shape index (κ3) is 3.34. The number of nitrogens with zero attached hydrogens (tertiary/aromatic N) is 2. The summed E-state index contributed by atoms with van der Waals surface area (Å²) in [6.45, 7) is 3.31. The zero-order valence-electron chi connectivity index (χ0n) is 15.5. The van der Waals surface area contributed by atoms with Crippen LogP contribution in [-0.4, -0.2) is 28.8 Å². The summed E-state index contributed by atoms with van der Waals surface area (Å²) in [7, 11) is 1.32. The van der Waals surface area contributed by atoms with Crippen LogP contribution in [0, 0.1) is 0 Å². The number of carbonyl (C=O) groups is 2. The van der Waals surface area contributed by atoms with E-state index in [0.717, 1.165) is 18.8 Å². The van der Waals surface area contributed by atoms with Gasteiger partial charge in [0.2, 0.25) is 0 Å². The van der Waals surface area contributed by atoms with Crippen LogP contribution in [0.15, 0.2) is 36.5 Å². The molecule has 2 aromatic carbocycles. The Kier molecular flexibility index (Phi) is 4.78. The number of hydrogen-bond donors (Lipinski definition) is 2. The number of carbonyl (C=O) groups excluding carboxylic acids is 2. The second-order valence-corrected chi connectivity index (χ2v) is 7.17. The average Bonchev–Trinajstić information content (AvgIpc) is 3.32. The topological polar surface area (TPSA) is 85.2 Å². The van der Waals surface area contributed by atoms with Gasteiger partial charge in [-0.25, -0.2) is 4.79 Å². The Morgan fingerprint density at radius 1 is 1.25 bits per heavy atom. The van der Waals surface area contributed by atoms with Gasteiger partial charge >= 0.3 is 5.97 Å². The van der Waals surface area contributed by atoms with Gasteiger partial charge in [-0.15, -0.1) is 0 Å². The molecule has 0 fully saturated rings. The first kappa shape index (κ1) is 18.5. The molecule has 8 heteroatoms. The Morgan fingerprint density at radius 2 is 2.04 bits per heavy atom. The van der Waals surface area contributed by atoms with Crippen molar-refractivity contribution in [3.05, 3.63) is 58.2 Å². The summed E-state index contributed by atoms with van der Waals surface area (Å²) in [4.78, 5) is 24.8. The molecule has 2 N–H and O–H groups in total. The maximum atomic E-state index is 12.9. The average molecular weight is 399 g/mol. The fraction of sp³-hybridized carbons (Fsp3) is 0.250. The van der Waals surface area contributed by atoms with Crippen LogP contribution in [-0.2, 0) is 22.6 Å². The van der Waals surface area contributed by atoms with Crippen molar-refractivity contribution in [1.29, 1.82) is 0 Å². The number of anilines is 1. The van der Waals surface area contributed by atoms with Crippen molar-refractivity contribution in [3.8, 4) is 0 Å². The van der Waals surface area contributed by atoms with Crippen molar-refractivity contribution < 1.29 is 14.3 Å². The number of aromatic nitrogens is 2. The van der Waals surface area contributed by atoms with Gasteiger partial charge in [0.1, 0.15) is 6.04 Å². The number of rotatable bonds is 4. The van der Waals surface area contributed by atoms with E-state index < -0.39 is 12.0 Å².